The SMILES string of the molecule is CC(C)CCCC(C)C1CCC2C3C(=O)C=C4CCCCC4(C)C3CCC12C. The summed E-state index contributed by atoms with van der Waals surface area (Å²) in [5, 5.41) is 0. The van der Waals surface area contributed by atoms with Gasteiger partial charge in [0, 0.05) is 5.92 Å². The van der Waals surface area contributed by atoms with Gasteiger partial charge in [-0.1, -0.05) is 65.9 Å². The number of ketones is 1. The molecule has 0 aromatic carbocycles. The van der Waals surface area contributed by atoms with Crippen LogP contribution in [-0.4, -0.2) is 5.78 Å². The quantitative estimate of drug-likeness (QED) is 0.477. The van der Waals surface area contributed by atoms with Crippen molar-refractivity contribution in [3.63, 3.8) is 0 Å². The summed E-state index contributed by atoms with van der Waals surface area (Å²) in [5.74, 6) is 4.61. The van der Waals surface area contributed by atoms with E-state index in [-0.39, 0.29) is 0 Å². The van der Waals surface area contributed by atoms with E-state index in [1.165, 1.54) is 76.2 Å². The van der Waals surface area contributed by atoms with Crippen LogP contribution < -0.4 is 0 Å². The molecule has 1 nitrogen and oxygen atoms in total. The average molecular weight is 385 g/mol. The van der Waals surface area contributed by atoms with Crippen molar-refractivity contribution in [2.24, 2.45) is 46.3 Å². The van der Waals surface area contributed by atoms with Crippen molar-refractivity contribution in [1.29, 1.82) is 0 Å². The molecule has 3 fully saturated rings. The van der Waals surface area contributed by atoms with Crippen molar-refractivity contribution < 1.29 is 4.79 Å². The maximum Gasteiger partial charge on any atom is 0.159 e. The first-order valence-electron chi connectivity index (χ1n) is 12.5. The van der Waals surface area contributed by atoms with Crippen molar-refractivity contribution in [3.05, 3.63) is 11.6 Å². The smallest absolute Gasteiger partial charge is 0.159 e. The topological polar surface area (TPSA) is 17.1 Å². The molecule has 4 aliphatic carbocycles. The summed E-state index contributed by atoms with van der Waals surface area (Å²) < 4.78 is 0. The van der Waals surface area contributed by atoms with Gasteiger partial charge in [-0.3, -0.25) is 4.79 Å². The third-order valence-corrected chi connectivity index (χ3v) is 10.1. The first-order chi connectivity index (χ1) is 13.3. The van der Waals surface area contributed by atoms with Crippen LogP contribution in [0.15, 0.2) is 11.6 Å². The monoisotopic (exact) mass is 384 g/mol. The van der Waals surface area contributed by atoms with Gasteiger partial charge in [0.05, 0.1) is 0 Å². The van der Waals surface area contributed by atoms with Crippen molar-refractivity contribution in [2.45, 2.75) is 105 Å². The van der Waals surface area contributed by atoms with E-state index in [0.29, 0.717) is 34.4 Å². The molecule has 158 valence electrons. The van der Waals surface area contributed by atoms with Gasteiger partial charge >= 0.3 is 0 Å². The first kappa shape index (κ1) is 20.7. The van der Waals surface area contributed by atoms with E-state index < -0.39 is 0 Å². The van der Waals surface area contributed by atoms with Crippen molar-refractivity contribution in [2.75, 3.05) is 0 Å². The van der Waals surface area contributed by atoms with Crippen molar-refractivity contribution in [3.8, 4) is 0 Å². The number of hydrogen-bond acceptors (Lipinski definition) is 1. The Morgan fingerprint density at radius 3 is 2.54 bits per heavy atom. The molecule has 1 heteroatoms. The maximum atomic E-state index is 13.4. The number of carbonyl (C=O) groups excluding carboxylic acids is 1. The van der Waals surface area contributed by atoms with E-state index in [2.05, 4.69) is 40.7 Å². The van der Waals surface area contributed by atoms with Crippen molar-refractivity contribution >= 4 is 5.78 Å². The zero-order valence-corrected chi connectivity index (χ0v) is 19.2. The van der Waals surface area contributed by atoms with Crippen LogP contribution in [0.1, 0.15) is 105 Å². The summed E-state index contributed by atoms with van der Waals surface area (Å²) in [6, 6.07) is 0. The molecule has 0 radical (unpaired) electrons. The van der Waals surface area contributed by atoms with Gasteiger partial charge in [-0.15, -0.1) is 0 Å². The highest BCUT2D eigenvalue weighted by atomic mass is 16.1. The Morgan fingerprint density at radius 2 is 1.79 bits per heavy atom. The summed E-state index contributed by atoms with van der Waals surface area (Å²) in [6.45, 7) is 12.3. The molecule has 0 aromatic rings. The Morgan fingerprint density at radius 1 is 1.00 bits per heavy atom. The predicted octanol–water partition coefficient (Wildman–Crippen LogP) is 7.60. The number of fused-ring (bicyclic) bond motifs is 5. The highest BCUT2D eigenvalue weighted by Gasteiger charge is 2.60. The van der Waals surface area contributed by atoms with Gasteiger partial charge in [0.25, 0.3) is 0 Å². The molecule has 4 rings (SSSR count). The summed E-state index contributed by atoms with van der Waals surface area (Å²) in [7, 11) is 0. The minimum atomic E-state index is 0.332. The molecule has 4 aliphatic rings. The van der Waals surface area contributed by atoms with E-state index >= 15 is 0 Å². The van der Waals surface area contributed by atoms with Gasteiger partial charge in [0.15, 0.2) is 5.78 Å². The van der Waals surface area contributed by atoms with Crippen LogP contribution in [0.2, 0.25) is 0 Å². The lowest BCUT2D eigenvalue weighted by Gasteiger charge is -2.57. The Bertz CT molecular complexity index is 630. The number of hydrogen-bond donors (Lipinski definition) is 0. The second-order valence-electron chi connectivity index (χ2n) is 12.0. The summed E-state index contributed by atoms with van der Waals surface area (Å²) in [4.78, 5) is 13.4. The molecule has 0 aliphatic heterocycles. The molecule has 3 saturated carbocycles. The van der Waals surface area contributed by atoms with E-state index in [0.717, 1.165) is 17.8 Å². The van der Waals surface area contributed by atoms with Crippen LogP contribution in [0.3, 0.4) is 0 Å². The third kappa shape index (κ3) is 3.24. The molecule has 7 atom stereocenters. The molecule has 0 amide bonds. The Labute approximate surface area is 174 Å². The largest absolute Gasteiger partial charge is 0.295 e. The zero-order valence-electron chi connectivity index (χ0n) is 19.2. The lowest BCUT2D eigenvalue weighted by atomic mass is 9.47. The minimum Gasteiger partial charge on any atom is -0.295 e. The summed E-state index contributed by atoms with van der Waals surface area (Å²) >= 11 is 0. The molecule has 0 spiro atoms. The van der Waals surface area contributed by atoms with Gasteiger partial charge < -0.3 is 0 Å². The van der Waals surface area contributed by atoms with E-state index in [1.807, 2.05) is 0 Å². The lowest BCUT2D eigenvalue weighted by molar-refractivity contribution is -0.134. The standard InChI is InChI=1S/C27H44O/c1-18(2)9-8-10-19(3)21-12-13-22-25-23(14-16-27(21,22)5)26(4)15-7-6-11-20(26)17-24(25)28/h17-19,21-23,25H,6-16H2,1-5H3. The number of carbonyl (C=O) groups is 1. The second-order valence-corrected chi connectivity index (χ2v) is 12.0. The van der Waals surface area contributed by atoms with Crippen LogP contribution >= 0.6 is 0 Å². The van der Waals surface area contributed by atoms with Crippen LogP contribution in [0.4, 0.5) is 0 Å². The average Bonchev–Trinajstić information content (AvgIpc) is 2.99. The zero-order chi connectivity index (χ0) is 20.1. The molecule has 0 heterocycles. The third-order valence-electron chi connectivity index (χ3n) is 10.1. The first-order valence-corrected chi connectivity index (χ1v) is 12.5. The van der Waals surface area contributed by atoms with Gasteiger partial charge in [-0.2, -0.15) is 0 Å². The van der Waals surface area contributed by atoms with Crippen LogP contribution in [0, 0.1) is 46.3 Å². The molecule has 0 bridgehead atoms. The number of allylic oxidation sites excluding steroid dienone is 2. The fraction of sp³-hybridized carbons (Fsp3) is 0.889. The molecule has 0 saturated heterocycles. The Hall–Kier alpha value is -0.590. The van der Waals surface area contributed by atoms with Gasteiger partial charge in [-0.05, 0) is 91.4 Å². The highest BCUT2D eigenvalue weighted by Crippen LogP contribution is 2.66. The fourth-order valence-corrected chi connectivity index (χ4v) is 8.46. The molecular weight excluding hydrogens is 340 g/mol. The Balaban J connectivity index is 1.54. The fourth-order valence-electron chi connectivity index (χ4n) is 8.46. The van der Waals surface area contributed by atoms with Gasteiger partial charge in [0.1, 0.15) is 0 Å². The normalized spacial score (nSPS) is 43.9. The molecule has 28 heavy (non-hydrogen) atoms. The molecule has 7 unspecified atom stereocenters. The molecule has 0 aromatic heterocycles. The van der Waals surface area contributed by atoms with E-state index in [1.54, 1.807) is 0 Å². The predicted molar refractivity (Wildman–Crippen MR) is 118 cm³/mol. The van der Waals surface area contributed by atoms with Gasteiger partial charge in [-0.25, -0.2) is 0 Å². The molecular formula is C27H44O. The maximum absolute atomic E-state index is 13.4. The minimum absolute atomic E-state index is 0.332. The van der Waals surface area contributed by atoms with Crippen molar-refractivity contribution in [1.82, 2.24) is 0 Å². The van der Waals surface area contributed by atoms with E-state index in [9.17, 15) is 4.79 Å². The summed E-state index contributed by atoms with van der Waals surface area (Å²) in [6.07, 6.45) is 16.8. The van der Waals surface area contributed by atoms with Gasteiger partial charge in [0.2, 0.25) is 0 Å². The van der Waals surface area contributed by atoms with Crippen LogP contribution in [-0.2, 0) is 4.79 Å². The molecule has 0 N–H and O–H groups in total. The van der Waals surface area contributed by atoms with E-state index in [4.69, 9.17) is 0 Å². The lowest BCUT2D eigenvalue weighted by Crippen LogP contribution is -2.53. The van der Waals surface area contributed by atoms with Crippen LogP contribution in [0.5, 0.6) is 0 Å². The van der Waals surface area contributed by atoms with Crippen LogP contribution in [0.25, 0.3) is 0 Å². The second kappa shape index (κ2) is 7.59. The Kier molecular flexibility index (Phi) is 5.60. The highest BCUT2D eigenvalue weighted by molar-refractivity contribution is 5.94. The number of rotatable bonds is 5. The summed E-state index contributed by atoms with van der Waals surface area (Å²) in [5.41, 5.74) is 2.26.